The van der Waals surface area contributed by atoms with Gasteiger partial charge in [0.2, 0.25) is 0 Å². The molecule has 4 rings (SSSR count). The number of hydrogen-bond donors (Lipinski definition) is 1. The van der Waals surface area contributed by atoms with Crippen molar-refractivity contribution in [3.05, 3.63) is 70.9 Å². The number of carbonyl (C=O) groups excluding carboxylic acids is 1. The predicted molar refractivity (Wildman–Crippen MR) is 91.7 cm³/mol. The average Bonchev–Trinajstić information content (AvgIpc) is 2.92. The summed E-state index contributed by atoms with van der Waals surface area (Å²) in [4.78, 5) is 12.8. The number of benzene rings is 1. The minimum atomic E-state index is -0.308. The predicted octanol–water partition coefficient (Wildman–Crippen LogP) is 3.45. The first-order valence-electron chi connectivity index (χ1n) is 8.12. The van der Waals surface area contributed by atoms with Gasteiger partial charge in [0, 0.05) is 23.3 Å². The second-order valence-corrected chi connectivity index (χ2v) is 6.44. The zero-order valence-corrected chi connectivity index (χ0v) is 13.3. The van der Waals surface area contributed by atoms with Crippen molar-refractivity contribution in [1.29, 1.82) is 10.5 Å². The summed E-state index contributed by atoms with van der Waals surface area (Å²) in [5.74, 6) is -0.350. The zero-order valence-electron chi connectivity index (χ0n) is 13.3. The quantitative estimate of drug-likeness (QED) is 0.633. The largest absolute Gasteiger partial charge is 0.508 e. The molecule has 3 unspecified atom stereocenters. The van der Waals surface area contributed by atoms with Gasteiger partial charge in [-0.2, -0.15) is 10.5 Å². The molecule has 0 bridgehead atoms. The summed E-state index contributed by atoms with van der Waals surface area (Å²) in [6.07, 6.45) is 8.47. The summed E-state index contributed by atoms with van der Waals surface area (Å²) in [6.45, 7) is 0. The van der Waals surface area contributed by atoms with Gasteiger partial charge in [0.15, 0.2) is 5.78 Å². The highest BCUT2D eigenvalue weighted by molar-refractivity contribution is 6.05. The third-order valence-corrected chi connectivity index (χ3v) is 5.27. The summed E-state index contributed by atoms with van der Waals surface area (Å²) in [5, 5.41) is 28.0. The van der Waals surface area contributed by atoms with Gasteiger partial charge in [-0.3, -0.25) is 4.79 Å². The fourth-order valence-electron chi connectivity index (χ4n) is 4.24. The number of phenols is 1. The van der Waals surface area contributed by atoms with Gasteiger partial charge >= 0.3 is 0 Å². The van der Waals surface area contributed by atoms with E-state index in [1.54, 1.807) is 12.1 Å². The normalized spacial score (nSPS) is 26.2. The Hall–Kier alpha value is -3.37. The van der Waals surface area contributed by atoms with Crippen molar-refractivity contribution < 1.29 is 9.90 Å². The van der Waals surface area contributed by atoms with E-state index in [-0.39, 0.29) is 34.9 Å². The van der Waals surface area contributed by atoms with Crippen LogP contribution in [-0.4, -0.2) is 10.9 Å². The van der Waals surface area contributed by atoms with E-state index in [2.05, 4.69) is 6.08 Å². The van der Waals surface area contributed by atoms with E-state index in [0.717, 1.165) is 16.7 Å². The van der Waals surface area contributed by atoms with Crippen molar-refractivity contribution in [2.45, 2.75) is 6.42 Å². The standard InChI is InChI=1S/C21H14N2O2/c22-10-13(11-23)19-17-9-8-15(12-4-6-14(24)7-5-12)16-2-1-3-18(20(16)17)21(19)25/h1-8,17-18,20,24H,9H2. The number of phenolic OH excluding ortho intramolecular Hbond substituents is 1. The fourth-order valence-corrected chi connectivity index (χ4v) is 4.24. The summed E-state index contributed by atoms with van der Waals surface area (Å²) in [7, 11) is 0. The van der Waals surface area contributed by atoms with Crippen molar-refractivity contribution in [2.75, 3.05) is 0 Å². The SMILES string of the molecule is N#CC(C#N)=C1C(=O)C2C=CC=C3C(c4ccc(O)cc4)=CCC1C32. The molecule has 1 aromatic carbocycles. The Bertz CT molecular complexity index is 962. The molecular weight excluding hydrogens is 312 g/mol. The van der Waals surface area contributed by atoms with Crippen LogP contribution in [0.3, 0.4) is 0 Å². The monoisotopic (exact) mass is 326 g/mol. The van der Waals surface area contributed by atoms with Crippen molar-refractivity contribution in [1.82, 2.24) is 0 Å². The molecule has 0 heterocycles. The summed E-state index contributed by atoms with van der Waals surface area (Å²) >= 11 is 0. The Morgan fingerprint density at radius 2 is 1.88 bits per heavy atom. The summed E-state index contributed by atoms with van der Waals surface area (Å²) < 4.78 is 0. The molecule has 120 valence electrons. The van der Waals surface area contributed by atoms with Crippen LogP contribution in [0.25, 0.3) is 5.57 Å². The molecule has 3 atom stereocenters. The van der Waals surface area contributed by atoms with Gasteiger partial charge in [-0.05, 0) is 35.3 Å². The minimum absolute atomic E-state index is 0.0296. The van der Waals surface area contributed by atoms with Gasteiger partial charge in [-0.15, -0.1) is 0 Å². The van der Waals surface area contributed by atoms with Crippen LogP contribution in [-0.2, 0) is 4.79 Å². The van der Waals surface area contributed by atoms with Gasteiger partial charge in [0.05, 0.1) is 0 Å². The van der Waals surface area contributed by atoms with Crippen LogP contribution in [0.1, 0.15) is 12.0 Å². The van der Waals surface area contributed by atoms with Crippen molar-refractivity contribution >= 4 is 11.4 Å². The Balaban J connectivity index is 1.86. The second kappa shape index (κ2) is 5.61. The first kappa shape index (κ1) is 15.2. The van der Waals surface area contributed by atoms with Gasteiger partial charge in [-0.25, -0.2) is 0 Å². The van der Waals surface area contributed by atoms with Crippen LogP contribution in [0.2, 0.25) is 0 Å². The Morgan fingerprint density at radius 3 is 2.56 bits per heavy atom. The van der Waals surface area contributed by atoms with E-state index in [4.69, 9.17) is 0 Å². The van der Waals surface area contributed by atoms with E-state index in [0.29, 0.717) is 12.0 Å². The lowest BCUT2D eigenvalue weighted by Crippen LogP contribution is -2.23. The molecule has 0 amide bonds. The molecule has 0 radical (unpaired) electrons. The van der Waals surface area contributed by atoms with Crippen molar-refractivity contribution in [3.8, 4) is 17.9 Å². The Labute approximate surface area is 145 Å². The van der Waals surface area contributed by atoms with Crippen LogP contribution >= 0.6 is 0 Å². The average molecular weight is 326 g/mol. The smallest absolute Gasteiger partial charge is 0.168 e. The lowest BCUT2D eigenvalue weighted by Gasteiger charge is -2.32. The molecule has 4 nitrogen and oxygen atoms in total. The number of hydrogen-bond acceptors (Lipinski definition) is 4. The van der Waals surface area contributed by atoms with E-state index in [1.807, 2.05) is 42.5 Å². The van der Waals surface area contributed by atoms with Crippen LogP contribution in [0.5, 0.6) is 5.75 Å². The highest BCUT2D eigenvalue weighted by atomic mass is 16.3. The molecule has 4 heteroatoms. The number of aromatic hydroxyl groups is 1. The molecule has 25 heavy (non-hydrogen) atoms. The number of Topliss-reactive ketones (excluding diaryl/α,β-unsaturated/α-hetero) is 1. The maximum Gasteiger partial charge on any atom is 0.168 e. The number of nitriles is 2. The van der Waals surface area contributed by atoms with Crippen molar-refractivity contribution in [2.24, 2.45) is 17.8 Å². The van der Waals surface area contributed by atoms with Crippen LogP contribution in [0.15, 0.2) is 65.3 Å². The summed E-state index contributed by atoms with van der Waals surface area (Å²) in [6, 6.07) is 10.8. The molecule has 1 aromatic rings. The maximum atomic E-state index is 12.8. The van der Waals surface area contributed by atoms with Crippen LogP contribution in [0, 0.1) is 40.4 Å². The van der Waals surface area contributed by atoms with E-state index >= 15 is 0 Å². The molecule has 3 aliphatic rings. The van der Waals surface area contributed by atoms with Crippen molar-refractivity contribution in [3.63, 3.8) is 0 Å². The van der Waals surface area contributed by atoms with Crippen LogP contribution in [0.4, 0.5) is 0 Å². The maximum absolute atomic E-state index is 12.8. The number of nitrogens with zero attached hydrogens (tertiary/aromatic N) is 2. The van der Waals surface area contributed by atoms with Gasteiger partial charge in [0.1, 0.15) is 23.5 Å². The van der Waals surface area contributed by atoms with Gasteiger partial charge < -0.3 is 5.11 Å². The first-order chi connectivity index (χ1) is 12.2. The lowest BCUT2D eigenvalue weighted by molar-refractivity contribution is -0.117. The molecular formula is C21H14N2O2. The second-order valence-electron chi connectivity index (χ2n) is 6.44. The molecule has 0 aliphatic heterocycles. The van der Waals surface area contributed by atoms with E-state index in [9.17, 15) is 20.4 Å². The van der Waals surface area contributed by atoms with E-state index < -0.39 is 0 Å². The molecule has 1 N–H and O–H groups in total. The molecule has 3 aliphatic carbocycles. The van der Waals surface area contributed by atoms with E-state index in [1.165, 1.54) is 0 Å². The van der Waals surface area contributed by atoms with Gasteiger partial charge in [-0.1, -0.05) is 36.4 Å². The lowest BCUT2D eigenvalue weighted by atomic mass is 9.70. The number of rotatable bonds is 1. The first-order valence-corrected chi connectivity index (χ1v) is 8.12. The third-order valence-electron chi connectivity index (χ3n) is 5.27. The highest BCUT2D eigenvalue weighted by Crippen LogP contribution is 2.53. The Morgan fingerprint density at radius 1 is 1.16 bits per heavy atom. The number of carbonyl (C=O) groups is 1. The molecule has 1 saturated carbocycles. The minimum Gasteiger partial charge on any atom is -0.508 e. The highest BCUT2D eigenvalue weighted by Gasteiger charge is 2.50. The molecule has 0 spiro atoms. The van der Waals surface area contributed by atoms with Gasteiger partial charge in [0.25, 0.3) is 0 Å². The summed E-state index contributed by atoms with van der Waals surface area (Å²) in [5.41, 5.74) is 3.44. The molecule has 0 aromatic heterocycles. The molecule has 0 saturated heterocycles. The topological polar surface area (TPSA) is 84.9 Å². The molecule has 1 fully saturated rings. The van der Waals surface area contributed by atoms with Crippen LogP contribution < -0.4 is 0 Å². The number of allylic oxidation sites excluding steroid dienone is 8. The fraction of sp³-hybridized carbons (Fsp3) is 0.190. The third kappa shape index (κ3) is 2.16. The Kier molecular flexibility index (Phi) is 3.41. The number of ketones is 1. The zero-order chi connectivity index (χ0) is 17.6.